The first-order valence-corrected chi connectivity index (χ1v) is 14.4. The average molecular weight is 550 g/mol. The molecule has 2 amide bonds. The third kappa shape index (κ3) is 7.93. The Kier molecular flexibility index (Phi) is 9.22. The highest BCUT2D eigenvalue weighted by Gasteiger charge is 2.33. The van der Waals surface area contributed by atoms with Gasteiger partial charge in [-0.05, 0) is 89.4 Å². The van der Waals surface area contributed by atoms with E-state index < -0.39 is 34.1 Å². The molecule has 0 spiro atoms. The van der Waals surface area contributed by atoms with Gasteiger partial charge in [0.05, 0.1) is 10.6 Å². The van der Waals surface area contributed by atoms with Gasteiger partial charge in [-0.2, -0.15) is 0 Å². The number of amides is 2. The highest BCUT2D eigenvalue weighted by molar-refractivity contribution is 7.92. The third-order valence-corrected chi connectivity index (χ3v) is 8.03. The van der Waals surface area contributed by atoms with Gasteiger partial charge in [0.15, 0.2) is 0 Å². The quantitative estimate of drug-likeness (QED) is 0.401. The minimum atomic E-state index is -4.08. The summed E-state index contributed by atoms with van der Waals surface area (Å²) in [6.07, 6.45) is 0. The van der Waals surface area contributed by atoms with Gasteiger partial charge in [0.2, 0.25) is 11.8 Å². The maximum Gasteiger partial charge on any atom is 0.264 e. The fourth-order valence-corrected chi connectivity index (χ4v) is 5.71. The van der Waals surface area contributed by atoms with Gasteiger partial charge >= 0.3 is 0 Å². The maximum atomic E-state index is 14.0. The highest BCUT2D eigenvalue weighted by Crippen LogP contribution is 2.26. The normalized spacial score (nSPS) is 12.5. The summed E-state index contributed by atoms with van der Waals surface area (Å²) >= 11 is 0. The van der Waals surface area contributed by atoms with Gasteiger partial charge in [-0.15, -0.1) is 0 Å². The number of hydrogen-bond acceptors (Lipinski definition) is 4. The molecule has 1 N–H and O–H groups in total. The number of anilines is 1. The van der Waals surface area contributed by atoms with E-state index in [9.17, 15) is 18.0 Å². The second-order valence-corrected chi connectivity index (χ2v) is 13.0. The number of rotatable bonds is 9. The maximum absolute atomic E-state index is 14.0. The summed E-state index contributed by atoms with van der Waals surface area (Å²) in [6.45, 7) is 12.7. The lowest BCUT2D eigenvalue weighted by molar-refractivity contribution is -0.140. The molecule has 3 rings (SSSR count). The molecule has 0 aromatic heterocycles. The molecule has 1 atom stereocenters. The second kappa shape index (κ2) is 12.0. The van der Waals surface area contributed by atoms with Crippen molar-refractivity contribution in [3.63, 3.8) is 0 Å². The Labute approximate surface area is 232 Å². The summed E-state index contributed by atoms with van der Waals surface area (Å²) in [5.41, 5.74) is 3.57. The van der Waals surface area contributed by atoms with Gasteiger partial charge in [0.1, 0.15) is 12.6 Å². The topological polar surface area (TPSA) is 86.8 Å². The van der Waals surface area contributed by atoms with E-state index >= 15 is 0 Å². The Hall–Kier alpha value is -3.65. The molecule has 0 heterocycles. The van der Waals surface area contributed by atoms with Gasteiger partial charge in [0, 0.05) is 12.1 Å². The standard InChI is InChI=1S/C31H39N3O4S/c1-22-13-15-26(16-14-22)20-33(25(4)30(36)32-31(5,6)7)29(35)21-34(27-18-23(2)17-24(3)19-27)39(37,38)28-11-9-8-10-12-28/h8-19,25H,20-21H2,1-7H3,(H,32,36)/t25-/m1/s1. The molecule has 0 unspecified atom stereocenters. The Morgan fingerprint density at radius 2 is 1.41 bits per heavy atom. The second-order valence-electron chi connectivity index (χ2n) is 11.1. The highest BCUT2D eigenvalue weighted by atomic mass is 32.2. The summed E-state index contributed by atoms with van der Waals surface area (Å²) in [4.78, 5) is 28.7. The van der Waals surface area contributed by atoms with Gasteiger partial charge in [-0.1, -0.05) is 54.1 Å². The smallest absolute Gasteiger partial charge is 0.264 e. The Bertz CT molecular complexity index is 1390. The lowest BCUT2D eigenvalue weighted by Gasteiger charge is -2.33. The van der Waals surface area contributed by atoms with E-state index in [1.165, 1.54) is 17.0 Å². The zero-order chi connectivity index (χ0) is 29.0. The van der Waals surface area contributed by atoms with Crippen molar-refractivity contribution in [3.8, 4) is 0 Å². The van der Waals surface area contributed by atoms with Crippen LogP contribution in [0, 0.1) is 20.8 Å². The summed E-state index contributed by atoms with van der Waals surface area (Å²) in [6, 6.07) is 20.4. The minimum absolute atomic E-state index is 0.0839. The molecule has 0 aliphatic rings. The van der Waals surface area contributed by atoms with Gasteiger partial charge < -0.3 is 10.2 Å². The van der Waals surface area contributed by atoms with Crippen LogP contribution >= 0.6 is 0 Å². The first kappa shape index (κ1) is 29.9. The van der Waals surface area contributed by atoms with Crippen LogP contribution in [0.4, 0.5) is 5.69 Å². The summed E-state index contributed by atoms with van der Waals surface area (Å²) in [5.74, 6) is -0.794. The number of hydrogen-bond donors (Lipinski definition) is 1. The zero-order valence-electron chi connectivity index (χ0n) is 23.9. The van der Waals surface area contributed by atoms with Crippen LogP contribution in [0.1, 0.15) is 49.9 Å². The van der Waals surface area contributed by atoms with E-state index in [4.69, 9.17) is 0 Å². The number of sulfonamides is 1. The van der Waals surface area contributed by atoms with Crippen LogP contribution in [0.5, 0.6) is 0 Å². The Balaban J connectivity index is 2.05. The van der Waals surface area contributed by atoms with Crippen molar-refractivity contribution in [2.45, 2.75) is 71.5 Å². The molecule has 7 nitrogen and oxygen atoms in total. The van der Waals surface area contributed by atoms with Crippen molar-refractivity contribution >= 4 is 27.5 Å². The van der Waals surface area contributed by atoms with Crippen molar-refractivity contribution in [2.75, 3.05) is 10.8 Å². The first-order chi connectivity index (χ1) is 18.2. The molecule has 0 saturated carbocycles. The molecular weight excluding hydrogens is 510 g/mol. The molecule has 0 radical (unpaired) electrons. The van der Waals surface area contributed by atoms with Crippen LogP contribution in [-0.2, 0) is 26.2 Å². The SMILES string of the molecule is Cc1ccc(CN(C(=O)CN(c2cc(C)cc(C)c2)S(=O)(=O)c2ccccc2)[C@H](C)C(=O)NC(C)(C)C)cc1. The fourth-order valence-electron chi connectivity index (χ4n) is 4.29. The molecule has 8 heteroatoms. The van der Waals surface area contributed by atoms with Crippen molar-refractivity contribution in [2.24, 2.45) is 0 Å². The number of nitrogens with one attached hydrogen (secondary N) is 1. The fraction of sp³-hybridized carbons (Fsp3) is 0.355. The minimum Gasteiger partial charge on any atom is -0.350 e. The predicted molar refractivity (Wildman–Crippen MR) is 156 cm³/mol. The average Bonchev–Trinajstić information content (AvgIpc) is 2.85. The third-order valence-electron chi connectivity index (χ3n) is 6.24. The van der Waals surface area contributed by atoms with Gasteiger partial charge in [0.25, 0.3) is 10.0 Å². The summed E-state index contributed by atoms with van der Waals surface area (Å²) in [5, 5.41) is 2.94. The molecule has 0 aliphatic heterocycles. The molecule has 0 saturated heterocycles. The van der Waals surface area contributed by atoms with Crippen LogP contribution in [0.2, 0.25) is 0 Å². The molecule has 0 fully saturated rings. The number of aryl methyl sites for hydroxylation is 3. The van der Waals surface area contributed by atoms with Crippen LogP contribution in [0.25, 0.3) is 0 Å². The molecule has 0 aliphatic carbocycles. The van der Waals surface area contributed by atoms with E-state index in [0.717, 1.165) is 26.6 Å². The summed E-state index contributed by atoms with van der Waals surface area (Å²) in [7, 11) is -4.08. The van der Waals surface area contributed by atoms with E-state index in [1.807, 2.05) is 71.9 Å². The monoisotopic (exact) mass is 549 g/mol. The van der Waals surface area contributed by atoms with Gasteiger partial charge in [-0.25, -0.2) is 8.42 Å². The molecular formula is C31H39N3O4S. The Morgan fingerprint density at radius 3 is 1.95 bits per heavy atom. The number of nitrogens with zero attached hydrogens (tertiary/aromatic N) is 2. The zero-order valence-corrected chi connectivity index (χ0v) is 24.7. The number of benzene rings is 3. The number of carbonyl (C=O) groups excluding carboxylic acids is 2. The molecule has 39 heavy (non-hydrogen) atoms. The van der Waals surface area contributed by atoms with Crippen LogP contribution in [-0.4, -0.2) is 43.3 Å². The van der Waals surface area contributed by atoms with E-state index in [-0.39, 0.29) is 17.3 Å². The molecule has 3 aromatic carbocycles. The van der Waals surface area contributed by atoms with Crippen molar-refractivity contribution in [1.29, 1.82) is 0 Å². The lowest BCUT2D eigenvalue weighted by atomic mass is 10.1. The molecule has 0 bridgehead atoms. The van der Waals surface area contributed by atoms with Crippen LogP contribution < -0.4 is 9.62 Å². The lowest BCUT2D eigenvalue weighted by Crippen LogP contribution is -2.54. The largest absolute Gasteiger partial charge is 0.350 e. The van der Waals surface area contributed by atoms with Crippen molar-refractivity contribution < 1.29 is 18.0 Å². The van der Waals surface area contributed by atoms with Crippen LogP contribution in [0.15, 0.2) is 77.7 Å². The summed E-state index contributed by atoms with van der Waals surface area (Å²) < 4.78 is 28.9. The van der Waals surface area contributed by atoms with E-state index in [1.54, 1.807) is 37.3 Å². The van der Waals surface area contributed by atoms with Crippen molar-refractivity contribution in [1.82, 2.24) is 10.2 Å². The van der Waals surface area contributed by atoms with Crippen molar-refractivity contribution in [3.05, 3.63) is 95.1 Å². The van der Waals surface area contributed by atoms with Crippen LogP contribution in [0.3, 0.4) is 0 Å². The molecule has 208 valence electrons. The molecule has 3 aromatic rings. The van der Waals surface area contributed by atoms with E-state index in [0.29, 0.717) is 5.69 Å². The predicted octanol–water partition coefficient (Wildman–Crippen LogP) is 5.14. The van der Waals surface area contributed by atoms with E-state index in [2.05, 4.69) is 5.32 Å². The van der Waals surface area contributed by atoms with Gasteiger partial charge in [-0.3, -0.25) is 13.9 Å². The Morgan fingerprint density at radius 1 is 0.846 bits per heavy atom. The number of carbonyl (C=O) groups is 2. The first-order valence-electron chi connectivity index (χ1n) is 13.0.